The molecule has 0 aromatic heterocycles. The Balaban J connectivity index is 1.46. The van der Waals surface area contributed by atoms with E-state index in [-0.39, 0.29) is 5.60 Å². The number of nitrogens with one attached hydrogen (secondary N) is 1. The van der Waals surface area contributed by atoms with E-state index in [1.54, 1.807) is 0 Å². The normalized spacial score (nSPS) is 18.2. The molecule has 0 spiro atoms. The second-order valence-corrected chi connectivity index (χ2v) is 7.52. The van der Waals surface area contributed by atoms with Crippen LogP contribution in [0.5, 0.6) is 5.75 Å². The zero-order chi connectivity index (χ0) is 16.6. The van der Waals surface area contributed by atoms with Gasteiger partial charge < -0.3 is 15.0 Å². The molecule has 2 heterocycles. The standard InChI is InChI=1S/C21H26N2O/c1-21(2)15-22-18-14-16(9-10-20(18)24-21)11-13-23-12-5-7-17-6-3-4-8-19(17)23/h3-4,6,8-10,14,22H,5,7,11-13,15H2,1-2H3. The first-order chi connectivity index (χ1) is 11.6. The summed E-state index contributed by atoms with van der Waals surface area (Å²) in [4.78, 5) is 2.53. The fraction of sp³-hybridized carbons (Fsp3) is 0.429. The number of para-hydroxylation sites is 1. The highest BCUT2D eigenvalue weighted by Crippen LogP contribution is 2.34. The van der Waals surface area contributed by atoms with Crippen LogP contribution in [0, 0.1) is 0 Å². The molecule has 0 amide bonds. The smallest absolute Gasteiger partial charge is 0.143 e. The summed E-state index contributed by atoms with van der Waals surface area (Å²) >= 11 is 0. The van der Waals surface area contributed by atoms with E-state index in [9.17, 15) is 0 Å². The van der Waals surface area contributed by atoms with Gasteiger partial charge in [0.05, 0.1) is 12.2 Å². The first kappa shape index (κ1) is 15.4. The molecule has 0 bridgehead atoms. The molecule has 3 heteroatoms. The number of benzene rings is 2. The van der Waals surface area contributed by atoms with E-state index in [0.29, 0.717) is 0 Å². The second-order valence-electron chi connectivity index (χ2n) is 7.52. The predicted octanol–water partition coefficient (Wildman–Crippen LogP) is 4.26. The summed E-state index contributed by atoms with van der Waals surface area (Å²) in [5, 5.41) is 3.51. The number of fused-ring (bicyclic) bond motifs is 2. The number of nitrogens with zero attached hydrogens (tertiary/aromatic N) is 1. The number of ether oxygens (including phenoxy) is 1. The molecule has 2 aromatic rings. The molecule has 3 nitrogen and oxygen atoms in total. The Morgan fingerprint density at radius 2 is 2.04 bits per heavy atom. The highest BCUT2D eigenvalue weighted by Gasteiger charge is 2.26. The quantitative estimate of drug-likeness (QED) is 0.913. The average molecular weight is 322 g/mol. The van der Waals surface area contributed by atoms with Crippen LogP contribution in [0.1, 0.15) is 31.4 Å². The molecule has 4 rings (SSSR count). The van der Waals surface area contributed by atoms with Crippen molar-refractivity contribution in [2.24, 2.45) is 0 Å². The lowest BCUT2D eigenvalue weighted by molar-refractivity contribution is 0.116. The van der Waals surface area contributed by atoms with E-state index >= 15 is 0 Å². The molecule has 0 fully saturated rings. The summed E-state index contributed by atoms with van der Waals surface area (Å²) in [6.07, 6.45) is 3.53. The number of anilines is 2. The van der Waals surface area contributed by atoms with Gasteiger partial charge in [-0.05, 0) is 62.4 Å². The Kier molecular flexibility index (Phi) is 3.87. The largest absolute Gasteiger partial charge is 0.484 e. The molecular formula is C21H26N2O. The van der Waals surface area contributed by atoms with Gasteiger partial charge in [0.25, 0.3) is 0 Å². The topological polar surface area (TPSA) is 24.5 Å². The summed E-state index contributed by atoms with van der Waals surface area (Å²) in [7, 11) is 0. The van der Waals surface area contributed by atoms with Crippen LogP contribution < -0.4 is 15.0 Å². The van der Waals surface area contributed by atoms with Crippen molar-refractivity contribution in [1.82, 2.24) is 0 Å². The maximum atomic E-state index is 6.04. The van der Waals surface area contributed by atoms with Gasteiger partial charge in [0.15, 0.2) is 0 Å². The molecule has 0 unspecified atom stereocenters. The van der Waals surface area contributed by atoms with Gasteiger partial charge in [0, 0.05) is 18.8 Å². The molecule has 2 aliphatic heterocycles. The number of aryl methyl sites for hydroxylation is 1. The maximum absolute atomic E-state index is 6.04. The third-order valence-corrected chi connectivity index (χ3v) is 5.01. The fourth-order valence-electron chi connectivity index (χ4n) is 3.71. The molecule has 0 atom stereocenters. The third kappa shape index (κ3) is 3.08. The predicted molar refractivity (Wildman–Crippen MR) is 100 cm³/mol. The lowest BCUT2D eigenvalue weighted by Crippen LogP contribution is -2.40. The van der Waals surface area contributed by atoms with E-state index in [1.165, 1.54) is 29.7 Å². The van der Waals surface area contributed by atoms with Crippen LogP contribution in [0.3, 0.4) is 0 Å². The monoisotopic (exact) mass is 322 g/mol. The van der Waals surface area contributed by atoms with Crippen molar-refractivity contribution < 1.29 is 4.74 Å². The molecule has 0 saturated heterocycles. The van der Waals surface area contributed by atoms with Crippen LogP contribution in [-0.2, 0) is 12.8 Å². The Hall–Kier alpha value is -2.16. The van der Waals surface area contributed by atoms with Crippen LogP contribution in [0.4, 0.5) is 11.4 Å². The molecule has 2 aliphatic rings. The molecule has 24 heavy (non-hydrogen) atoms. The number of rotatable bonds is 3. The van der Waals surface area contributed by atoms with Gasteiger partial charge in [-0.15, -0.1) is 0 Å². The van der Waals surface area contributed by atoms with E-state index < -0.39 is 0 Å². The van der Waals surface area contributed by atoms with Crippen molar-refractivity contribution in [3.05, 3.63) is 53.6 Å². The Morgan fingerprint density at radius 1 is 1.17 bits per heavy atom. The van der Waals surface area contributed by atoms with Crippen LogP contribution in [0.2, 0.25) is 0 Å². The van der Waals surface area contributed by atoms with Gasteiger partial charge in [-0.1, -0.05) is 24.3 Å². The van der Waals surface area contributed by atoms with Crippen LogP contribution in [0.15, 0.2) is 42.5 Å². The minimum atomic E-state index is -0.133. The third-order valence-electron chi connectivity index (χ3n) is 5.01. The first-order valence-electron chi connectivity index (χ1n) is 8.99. The van der Waals surface area contributed by atoms with Gasteiger partial charge in [-0.2, -0.15) is 0 Å². The summed E-state index contributed by atoms with van der Waals surface area (Å²) in [6, 6.07) is 15.4. The van der Waals surface area contributed by atoms with E-state index in [4.69, 9.17) is 4.74 Å². The van der Waals surface area contributed by atoms with Gasteiger partial charge in [-0.25, -0.2) is 0 Å². The van der Waals surface area contributed by atoms with Gasteiger partial charge in [-0.3, -0.25) is 0 Å². The molecule has 0 saturated carbocycles. The Labute approximate surface area is 144 Å². The van der Waals surface area contributed by atoms with Gasteiger partial charge in [0.2, 0.25) is 0 Å². The van der Waals surface area contributed by atoms with E-state index in [2.05, 4.69) is 66.5 Å². The second kappa shape index (κ2) is 6.04. The lowest BCUT2D eigenvalue weighted by Gasteiger charge is -2.34. The van der Waals surface area contributed by atoms with Crippen molar-refractivity contribution in [2.75, 3.05) is 29.9 Å². The first-order valence-corrected chi connectivity index (χ1v) is 8.99. The fourth-order valence-corrected chi connectivity index (χ4v) is 3.71. The van der Waals surface area contributed by atoms with Crippen molar-refractivity contribution >= 4 is 11.4 Å². The number of hydrogen-bond acceptors (Lipinski definition) is 3. The zero-order valence-electron chi connectivity index (χ0n) is 14.6. The number of hydrogen-bond donors (Lipinski definition) is 1. The molecule has 0 aliphatic carbocycles. The maximum Gasteiger partial charge on any atom is 0.143 e. The highest BCUT2D eigenvalue weighted by atomic mass is 16.5. The van der Waals surface area contributed by atoms with Crippen molar-refractivity contribution in [3.63, 3.8) is 0 Å². The minimum Gasteiger partial charge on any atom is -0.484 e. The van der Waals surface area contributed by atoms with Crippen LogP contribution >= 0.6 is 0 Å². The summed E-state index contributed by atoms with van der Waals surface area (Å²) in [5.41, 5.74) is 5.28. The summed E-state index contributed by atoms with van der Waals surface area (Å²) < 4.78 is 6.04. The summed E-state index contributed by atoms with van der Waals surface area (Å²) in [5.74, 6) is 0.971. The molecule has 1 N–H and O–H groups in total. The van der Waals surface area contributed by atoms with Crippen molar-refractivity contribution in [1.29, 1.82) is 0 Å². The van der Waals surface area contributed by atoms with Crippen molar-refractivity contribution in [3.8, 4) is 5.75 Å². The lowest BCUT2D eigenvalue weighted by atomic mass is 10.0. The van der Waals surface area contributed by atoms with Crippen LogP contribution in [0.25, 0.3) is 0 Å². The van der Waals surface area contributed by atoms with Crippen molar-refractivity contribution in [2.45, 2.75) is 38.7 Å². The molecular weight excluding hydrogens is 296 g/mol. The summed E-state index contributed by atoms with van der Waals surface area (Å²) in [6.45, 7) is 7.32. The highest BCUT2D eigenvalue weighted by molar-refractivity contribution is 5.60. The van der Waals surface area contributed by atoms with E-state index in [1.807, 2.05) is 0 Å². The Morgan fingerprint density at radius 3 is 2.96 bits per heavy atom. The average Bonchev–Trinajstić information content (AvgIpc) is 2.59. The van der Waals surface area contributed by atoms with Gasteiger partial charge >= 0.3 is 0 Å². The van der Waals surface area contributed by atoms with Crippen LogP contribution in [-0.4, -0.2) is 25.2 Å². The molecule has 126 valence electrons. The molecule has 0 radical (unpaired) electrons. The van der Waals surface area contributed by atoms with Gasteiger partial charge in [0.1, 0.15) is 11.4 Å². The van der Waals surface area contributed by atoms with E-state index in [0.717, 1.165) is 37.5 Å². The minimum absolute atomic E-state index is 0.133. The Bertz CT molecular complexity index is 738. The zero-order valence-corrected chi connectivity index (χ0v) is 14.6. The molecule has 2 aromatic carbocycles. The SMILES string of the molecule is CC1(C)CNc2cc(CCN3CCCc4ccccc43)ccc2O1.